The van der Waals surface area contributed by atoms with Crippen LogP contribution in [0.2, 0.25) is 0 Å². The fourth-order valence-electron chi connectivity index (χ4n) is 2.27. The zero-order valence-corrected chi connectivity index (χ0v) is 10.5. The van der Waals surface area contributed by atoms with Crippen molar-refractivity contribution in [3.05, 3.63) is 24.3 Å². The number of aliphatic hydroxyl groups excluding tert-OH is 3. The Hall–Kier alpha value is -1.44. The fourth-order valence-corrected chi connectivity index (χ4v) is 2.27. The maximum Gasteiger partial charge on any atom is 0.291 e. The zero-order chi connectivity index (χ0) is 14.9. The third-order valence-electron chi connectivity index (χ3n) is 3.47. The minimum absolute atomic E-state index is 0.0253. The highest BCUT2D eigenvalue weighted by atomic mass is 19.3. The summed E-state index contributed by atoms with van der Waals surface area (Å²) in [6, 6.07) is 5.05. The lowest BCUT2D eigenvalue weighted by atomic mass is 9.80. The van der Waals surface area contributed by atoms with Crippen LogP contribution in [-0.2, 0) is 0 Å². The van der Waals surface area contributed by atoms with Crippen molar-refractivity contribution in [2.24, 2.45) is 5.92 Å². The van der Waals surface area contributed by atoms with Crippen molar-refractivity contribution >= 4 is 0 Å². The van der Waals surface area contributed by atoms with Gasteiger partial charge in [-0.25, -0.2) is 8.78 Å². The van der Waals surface area contributed by atoms with Crippen LogP contribution in [0.1, 0.15) is 6.42 Å². The van der Waals surface area contributed by atoms with Crippen LogP contribution in [0.15, 0.2) is 24.3 Å². The molecule has 0 saturated heterocycles. The molecule has 4 atom stereocenters. The molecule has 1 saturated carbocycles. The molecule has 1 aliphatic rings. The summed E-state index contributed by atoms with van der Waals surface area (Å²) in [5.41, 5.74) is 0. The number of hydrogen-bond acceptors (Lipinski definition) is 5. The first-order chi connectivity index (χ1) is 9.36. The summed E-state index contributed by atoms with van der Waals surface area (Å²) in [4.78, 5) is 0. The van der Waals surface area contributed by atoms with E-state index in [0.29, 0.717) is 0 Å². The van der Waals surface area contributed by atoms with Gasteiger partial charge in [-0.15, -0.1) is 0 Å². The van der Waals surface area contributed by atoms with Gasteiger partial charge < -0.3 is 25.2 Å². The average molecular weight is 290 g/mol. The normalized spacial score (nSPS) is 32.9. The topological polar surface area (TPSA) is 90.2 Å². The molecule has 0 heterocycles. The molecular formula is C13H16F2O5. The van der Waals surface area contributed by atoms with Crippen LogP contribution < -0.4 is 4.74 Å². The molecule has 1 aliphatic carbocycles. The Morgan fingerprint density at radius 3 is 2.35 bits per heavy atom. The summed E-state index contributed by atoms with van der Waals surface area (Å²) in [7, 11) is 0. The SMILES string of the molecule is OC[C@@H]1C[C@H](O)[C@@H](O)[C@@H](Oc2ccc(O)cc2)C1(F)F. The van der Waals surface area contributed by atoms with Crippen LogP contribution in [-0.4, -0.2) is 51.3 Å². The molecule has 1 aromatic carbocycles. The van der Waals surface area contributed by atoms with Gasteiger partial charge in [0.1, 0.15) is 17.6 Å². The Balaban J connectivity index is 2.23. The largest absolute Gasteiger partial charge is 0.508 e. The molecule has 0 bridgehead atoms. The summed E-state index contributed by atoms with van der Waals surface area (Å²) in [5.74, 6) is -4.99. The van der Waals surface area contributed by atoms with Gasteiger partial charge in [0, 0.05) is 0 Å². The number of rotatable bonds is 3. The lowest BCUT2D eigenvalue weighted by molar-refractivity contribution is -0.230. The molecule has 0 radical (unpaired) electrons. The number of aliphatic hydroxyl groups is 3. The second kappa shape index (κ2) is 5.51. The van der Waals surface area contributed by atoms with E-state index in [0.717, 1.165) is 0 Å². The molecule has 0 aromatic heterocycles. The van der Waals surface area contributed by atoms with Gasteiger partial charge in [0.2, 0.25) is 0 Å². The molecule has 0 aliphatic heterocycles. The van der Waals surface area contributed by atoms with E-state index in [-0.39, 0.29) is 11.5 Å². The summed E-state index contributed by atoms with van der Waals surface area (Å²) in [5, 5.41) is 37.4. The highest BCUT2D eigenvalue weighted by Crippen LogP contribution is 2.41. The van der Waals surface area contributed by atoms with E-state index in [1.165, 1.54) is 24.3 Å². The van der Waals surface area contributed by atoms with Gasteiger partial charge in [-0.3, -0.25) is 0 Å². The fraction of sp³-hybridized carbons (Fsp3) is 0.538. The highest BCUT2D eigenvalue weighted by molar-refractivity contribution is 5.30. The van der Waals surface area contributed by atoms with Crippen LogP contribution in [0.5, 0.6) is 11.5 Å². The van der Waals surface area contributed by atoms with E-state index in [2.05, 4.69) is 0 Å². The molecular weight excluding hydrogens is 274 g/mol. The van der Waals surface area contributed by atoms with Gasteiger partial charge in [-0.05, 0) is 30.7 Å². The Bertz CT molecular complexity index is 451. The van der Waals surface area contributed by atoms with Crippen molar-refractivity contribution in [1.29, 1.82) is 0 Å². The second-order valence-electron chi connectivity index (χ2n) is 4.88. The molecule has 5 nitrogen and oxygen atoms in total. The first-order valence-corrected chi connectivity index (χ1v) is 6.16. The maximum atomic E-state index is 14.1. The number of halogens is 2. The molecule has 20 heavy (non-hydrogen) atoms. The number of ether oxygens (including phenoxy) is 1. The van der Waals surface area contributed by atoms with E-state index in [1.54, 1.807) is 0 Å². The molecule has 112 valence electrons. The summed E-state index contributed by atoms with van der Waals surface area (Å²) in [6.45, 7) is -0.813. The van der Waals surface area contributed by atoms with Crippen molar-refractivity contribution in [2.45, 2.75) is 30.7 Å². The van der Waals surface area contributed by atoms with Crippen LogP contribution in [0.3, 0.4) is 0 Å². The molecule has 4 N–H and O–H groups in total. The van der Waals surface area contributed by atoms with Crippen molar-refractivity contribution in [3.63, 3.8) is 0 Å². The molecule has 1 fully saturated rings. The minimum Gasteiger partial charge on any atom is -0.508 e. The molecule has 1 aromatic rings. The molecule has 0 spiro atoms. The van der Waals surface area contributed by atoms with Gasteiger partial charge in [0.15, 0.2) is 6.10 Å². The van der Waals surface area contributed by atoms with Crippen LogP contribution >= 0.6 is 0 Å². The number of hydrogen-bond donors (Lipinski definition) is 4. The zero-order valence-electron chi connectivity index (χ0n) is 10.5. The summed E-state index contributed by atoms with van der Waals surface area (Å²) >= 11 is 0. The summed E-state index contributed by atoms with van der Waals surface area (Å²) < 4.78 is 33.3. The van der Waals surface area contributed by atoms with Crippen LogP contribution in [0.25, 0.3) is 0 Å². The Morgan fingerprint density at radius 1 is 1.20 bits per heavy atom. The molecule has 0 amide bonds. The van der Waals surface area contributed by atoms with E-state index in [9.17, 15) is 19.0 Å². The number of alkyl halides is 2. The van der Waals surface area contributed by atoms with E-state index in [4.69, 9.17) is 14.9 Å². The number of phenols is 1. The third kappa shape index (κ3) is 2.70. The third-order valence-corrected chi connectivity index (χ3v) is 3.47. The first kappa shape index (κ1) is 15.0. The Kier molecular flexibility index (Phi) is 4.12. The van der Waals surface area contributed by atoms with Crippen molar-refractivity contribution < 1.29 is 33.9 Å². The lowest BCUT2D eigenvalue weighted by Gasteiger charge is -2.42. The van der Waals surface area contributed by atoms with E-state index in [1.807, 2.05) is 0 Å². The standard InChI is InChI=1S/C13H16F2O5/c14-13(15)7(6-16)5-10(18)11(19)12(13)20-9-3-1-8(17)2-4-9/h1-4,7,10-12,16-19H,5-6H2/t7-,10-,11+,12+/m0/s1. The smallest absolute Gasteiger partial charge is 0.291 e. The van der Waals surface area contributed by atoms with Gasteiger partial charge in [-0.2, -0.15) is 0 Å². The Morgan fingerprint density at radius 2 is 1.80 bits per heavy atom. The van der Waals surface area contributed by atoms with Crippen LogP contribution in [0, 0.1) is 5.92 Å². The van der Waals surface area contributed by atoms with E-state index >= 15 is 0 Å². The second-order valence-corrected chi connectivity index (χ2v) is 4.88. The van der Waals surface area contributed by atoms with Crippen molar-refractivity contribution in [2.75, 3.05) is 6.61 Å². The molecule has 0 unspecified atom stereocenters. The maximum absolute atomic E-state index is 14.1. The van der Waals surface area contributed by atoms with Gasteiger partial charge in [0.25, 0.3) is 5.92 Å². The summed E-state index contributed by atoms with van der Waals surface area (Å²) in [6.07, 6.45) is -5.52. The lowest BCUT2D eigenvalue weighted by Crippen LogP contribution is -2.60. The monoisotopic (exact) mass is 290 g/mol. The van der Waals surface area contributed by atoms with Gasteiger partial charge >= 0.3 is 0 Å². The van der Waals surface area contributed by atoms with Crippen molar-refractivity contribution in [1.82, 2.24) is 0 Å². The van der Waals surface area contributed by atoms with Gasteiger partial charge in [0.05, 0.1) is 18.6 Å². The van der Waals surface area contributed by atoms with Gasteiger partial charge in [-0.1, -0.05) is 0 Å². The van der Waals surface area contributed by atoms with Crippen molar-refractivity contribution in [3.8, 4) is 11.5 Å². The predicted octanol–water partition coefficient (Wildman–Crippen LogP) is 0.509. The van der Waals surface area contributed by atoms with Crippen LogP contribution in [0.4, 0.5) is 8.78 Å². The number of phenolic OH excluding ortho intramolecular Hbond substituents is 1. The Labute approximate surface area is 114 Å². The van der Waals surface area contributed by atoms with E-state index < -0.39 is 43.2 Å². The number of aromatic hydroxyl groups is 1. The number of benzene rings is 1. The highest BCUT2D eigenvalue weighted by Gasteiger charge is 2.57. The molecule has 7 heteroatoms. The first-order valence-electron chi connectivity index (χ1n) is 6.16. The average Bonchev–Trinajstić information content (AvgIpc) is 2.41. The molecule has 2 rings (SSSR count). The minimum atomic E-state index is -3.48. The predicted molar refractivity (Wildman–Crippen MR) is 64.7 cm³/mol. The quantitative estimate of drug-likeness (QED) is 0.651.